The van der Waals surface area contributed by atoms with E-state index in [9.17, 15) is 4.79 Å². The van der Waals surface area contributed by atoms with Gasteiger partial charge in [-0.2, -0.15) is 0 Å². The molecule has 3 aliphatic carbocycles. The van der Waals surface area contributed by atoms with Gasteiger partial charge in [0.05, 0.1) is 6.10 Å². The Kier molecular flexibility index (Phi) is 7.22. The molecule has 3 atom stereocenters. The van der Waals surface area contributed by atoms with E-state index >= 15 is 0 Å². The third-order valence-corrected chi connectivity index (χ3v) is 7.92. The van der Waals surface area contributed by atoms with Gasteiger partial charge in [-0.1, -0.05) is 72.1 Å². The van der Waals surface area contributed by atoms with Gasteiger partial charge in [-0.05, 0) is 56.3 Å². The highest BCUT2D eigenvalue weighted by atomic mass is 16.5. The van der Waals surface area contributed by atoms with Crippen LogP contribution in [0.25, 0.3) is 0 Å². The number of hydrogen-bond donors (Lipinski definition) is 0. The minimum atomic E-state index is -0.246. The summed E-state index contributed by atoms with van der Waals surface area (Å²) in [6, 6.07) is 0. The standard InChI is InChI=1S/C24H42O2/c1-4-24(2,3)23(25)22-20-15-16-21(26-22)19-13-9-5-7-11-18(17-20)12-8-6-10-14-19/h18-22H,4-17H2,1-3H3. The van der Waals surface area contributed by atoms with Crippen LogP contribution >= 0.6 is 0 Å². The molecule has 2 heteroatoms. The Bertz CT molecular complexity index is 441. The second kappa shape index (κ2) is 9.22. The minimum Gasteiger partial charge on any atom is -0.367 e. The van der Waals surface area contributed by atoms with E-state index in [0.29, 0.717) is 23.7 Å². The fourth-order valence-corrected chi connectivity index (χ4v) is 5.68. The van der Waals surface area contributed by atoms with Crippen molar-refractivity contribution in [3.05, 3.63) is 0 Å². The van der Waals surface area contributed by atoms with E-state index in [1.165, 1.54) is 83.5 Å². The van der Waals surface area contributed by atoms with Crippen LogP contribution in [0.3, 0.4) is 0 Å². The first-order valence-corrected chi connectivity index (χ1v) is 11.7. The van der Waals surface area contributed by atoms with Gasteiger partial charge in [0.2, 0.25) is 0 Å². The molecule has 3 aliphatic heterocycles. The third kappa shape index (κ3) is 4.91. The normalized spacial score (nSPS) is 37.1. The maximum atomic E-state index is 13.4. The highest BCUT2D eigenvalue weighted by Crippen LogP contribution is 2.42. The molecular weight excluding hydrogens is 320 g/mol. The minimum absolute atomic E-state index is 0.132. The summed E-state index contributed by atoms with van der Waals surface area (Å²) >= 11 is 0. The Labute approximate surface area is 161 Å². The molecule has 3 saturated carbocycles. The molecule has 0 amide bonds. The van der Waals surface area contributed by atoms with Crippen molar-refractivity contribution in [2.24, 2.45) is 23.2 Å². The number of hydrogen-bond acceptors (Lipinski definition) is 2. The first kappa shape index (κ1) is 20.4. The zero-order valence-electron chi connectivity index (χ0n) is 17.6. The molecule has 26 heavy (non-hydrogen) atoms. The summed E-state index contributed by atoms with van der Waals surface area (Å²) in [7, 11) is 0. The highest BCUT2D eigenvalue weighted by Gasteiger charge is 2.43. The Balaban J connectivity index is 1.87. The molecule has 0 aromatic rings. The first-order valence-electron chi connectivity index (χ1n) is 11.7. The predicted octanol–water partition coefficient (Wildman–Crippen LogP) is 6.71. The van der Waals surface area contributed by atoms with E-state index in [1.54, 1.807) is 0 Å². The number of carbonyl (C=O) groups is 1. The second-order valence-electron chi connectivity index (χ2n) is 10.2. The van der Waals surface area contributed by atoms with Crippen LogP contribution in [0.1, 0.15) is 111 Å². The van der Waals surface area contributed by atoms with E-state index in [1.807, 2.05) is 0 Å². The SMILES string of the molecule is CCC(C)(C)C(=O)C1OC2CCC1CC1CCCCCC2CCCCC1. The zero-order chi connectivity index (χ0) is 18.6. The molecule has 6 rings (SSSR count). The lowest BCUT2D eigenvalue weighted by Crippen LogP contribution is -2.48. The van der Waals surface area contributed by atoms with E-state index in [-0.39, 0.29) is 11.5 Å². The van der Waals surface area contributed by atoms with Gasteiger partial charge in [-0.25, -0.2) is 0 Å². The third-order valence-electron chi connectivity index (χ3n) is 7.92. The summed E-state index contributed by atoms with van der Waals surface area (Å²) in [5, 5.41) is 0. The molecule has 0 N–H and O–H groups in total. The number of Topliss-reactive ketones (excluding diaryl/α,β-unsaturated/α-hetero) is 1. The molecule has 3 heterocycles. The van der Waals surface area contributed by atoms with Crippen LogP contribution in [0, 0.1) is 23.2 Å². The predicted molar refractivity (Wildman–Crippen MR) is 108 cm³/mol. The van der Waals surface area contributed by atoms with Crippen molar-refractivity contribution in [3.63, 3.8) is 0 Å². The van der Waals surface area contributed by atoms with Crippen LogP contribution < -0.4 is 0 Å². The maximum Gasteiger partial charge on any atom is 0.167 e. The highest BCUT2D eigenvalue weighted by molar-refractivity contribution is 5.88. The van der Waals surface area contributed by atoms with Gasteiger partial charge in [-0.15, -0.1) is 0 Å². The van der Waals surface area contributed by atoms with Crippen LogP contribution in [0.4, 0.5) is 0 Å². The van der Waals surface area contributed by atoms with Gasteiger partial charge in [0.1, 0.15) is 6.10 Å². The van der Waals surface area contributed by atoms with Gasteiger partial charge in [-0.3, -0.25) is 4.79 Å². The quantitative estimate of drug-likeness (QED) is 0.558. The average molecular weight is 363 g/mol. The Morgan fingerprint density at radius 1 is 0.846 bits per heavy atom. The summed E-state index contributed by atoms with van der Waals surface area (Å²) < 4.78 is 6.70. The Morgan fingerprint density at radius 2 is 1.46 bits per heavy atom. The summed E-state index contributed by atoms with van der Waals surface area (Å²) in [4.78, 5) is 13.4. The van der Waals surface area contributed by atoms with Gasteiger partial charge >= 0.3 is 0 Å². The lowest BCUT2D eigenvalue weighted by molar-refractivity contribution is -0.162. The van der Waals surface area contributed by atoms with Crippen molar-refractivity contribution in [1.82, 2.24) is 0 Å². The van der Waals surface area contributed by atoms with Crippen molar-refractivity contribution < 1.29 is 9.53 Å². The maximum absolute atomic E-state index is 13.4. The molecule has 150 valence electrons. The smallest absolute Gasteiger partial charge is 0.167 e. The van der Waals surface area contributed by atoms with Crippen molar-refractivity contribution in [3.8, 4) is 0 Å². The molecule has 0 spiro atoms. The van der Waals surface area contributed by atoms with Crippen LogP contribution in [0.15, 0.2) is 0 Å². The lowest BCUT2D eigenvalue weighted by atomic mass is 9.71. The number of rotatable bonds is 3. The van der Waals surface area contributed by atoms with E-state index in [0.717, 1.165) is 12.3 Å². The number of ketones is 1. The van der Waals surface area contributed by atoms with Crippen molar-refractivity contribution in [2.45, 2.75) is 123 Å². The van der Waals surface area contributed by atoms with Crippen LogP contribution in [-0.2, 0) is 9.53 Å². The fourth-order valence-electron chi connectivity index (χ4n) is 5.68. The monoisotopic (exact) mass is 362 g/mol. The van der Waals surface area contributed by atoms with Crippen LogP contribution in [-0.4, -0.2) is 18.0 Å². The van der Waals surface area contributed by atoms with Gasteiger partial charge in [0.15, 0.2) is 5.78 Å². The topological polar surface area (TPSA) is 26.3 Å². The van der Waals surface area contributed by atoms with E-state index in [2.05, 4.69) is 20.8 Å². The summed E-state index contributed by atoms with van der Waals surface area (Å²) in [6.07, 6.45) is 18.5. The summed E-state index contributed by atoms with van der Waals surface area (Å²) in [6.45, 7) is 6.40. The van der Waals surface area contributed by atoms with Gasteiger partial charge < -0.3 is 4.74 Å². The Hall–Kier alpha value is -0.370. The van der Waals surface area contributed by atoms with Crippen molar-refractivity contribution in [2.75, 3.05) is 0 Å². The van der Waals surface area contributed by atoms with Crippen LogP contribution in [0.2, 0.25) is 0 Å². The molecule has 4 bridgehead atoms. The second-order valence-corrected chi connectivity index (χ2v) is 10.2. The van der Waals surface area contributed by atoms with Crippen molar-refractivity contribution >= 4 is 5.78 Å². The van der Waals surface area contributed by atoms with Crippen molar-refractivity contribution in [1.29, 1.82) is 0 Å². The fraction of sp³-hybridized carbons (Fsp3) is 0.958. The molecule has 0 radical (unpaired) electrons. The molecular formula is C24H42O2. The van der Waals surface area contributed by atoms with E-state index < -0.39 is 0 Å². The molecule has 3 unspecified atom stereocenters. The summed E-state index contributed by atoms with van der Waals surface area (Å²) in [5.41, 5.74) is -0.246. The molecule has 0 aromatic carbocycles. The summed E-state index contributed by atoms with van der Waals surface area (Å²) in [5.74, 6) is 2.36. The molecule has 3 saturated heterocycles. The zero-order valence-corrected chi connectivity index (χ0v) is 17.6. The number of carbonyl (C=O) groups excluding carboxylic acids is 1. The van der Waals surface area contributed by atoms with Gasteiger partial charge in [0, 0.05) is 5.41 Å². The molecule has 0 aromatic heterocycles. The van der Waals surface area contributed by atoms with Gasteiger partial charge in [0.25, 0.3) is 0 Å². The van der Waals surface area contributed by atoms with E-state index in [4.69, 9.17) is 4.74 Å². The first-order chi connectivity index (χ1) is 12.5. The molecule has 2 nitrogen and oxygen atoms in total. The van der Waals surface area contributed by atoms with Crippen LogP contribution in [0.5, 0.6) is 0 Å². The Morgan fingerprint density at radius 3 is 2.08 bits per heavy atom. The number of ether oxygens (including phenoxy) is 1. The molecule has 6 fully saturated rings. The lowest BCUT2D eigenvalue weighted by Gasteiger charge is -2.43. The largest absolute Gasteiger partial charge is 0.367 e. The average Bonchev–Trinajstić information content (AvgIpc) is 2.61. The molecule has 6 aliphatic rings.